The summed E-state index contributed by atoms with van der Waals surface area (Å²) in [7, 11) is -4.55. The van der Waals surface area contributed by atoms with Crippen LogP contribution >= 0.6 is 0 Å². The van der Waals surface area contributed by atoms with Crippen LogP contribution in [0.2, 0.25) is 0 Å². The van der Waals surface area contributed by atoms with E-state index in [2.05, 4.69) is 10.0 Å². The molecule has 2 fully saturated rings. The van der Waals surface area contributed by atoms with Crippen molar-refractivity contribution in [3.8, 4) is 0 Å². The van der Waals surface area contributed by atoms with Crippen molar-refractivity contribution in [1.82, 2.24) is 19.8 Å². The highest BCUT2D eigenvalue weighted by atomic mass is 32.2. The number of guanidine groups is 1. The van der Waals surface area contributed by atoms with Crippen LogP contribution in [0, 0.1) is 11.3 Å². The van der Waals surface area contributed by atoms with E-state index >= 15 is 0 Å². The van der Waals surface area contributed by atoms with Gasteiger partial charge in [0.05, 0.1) is 23.5 Å². The molecule has 1 aromatic rings. The molecule has 5 N–H and O–H groups in total. The number of carbonyl (C=O) groups is 3. The Bertz CT molecular complexity index is 1220. The Morgan fingerprint density at radius 1 is 1.20 bits per heavy atom. The molecule has 12 nitrogen and oxygen atoms in total. The quantitative estimate of drug-likeness (QED) is 0.155. The van der Waals surface area contributed by atoms with E-state index in [0.29, 0.717) is 38.1 Å². The van der Waals surface area contributed by atoms with Crippen LogP contribution in [0.1, 0.15) is 44.6 Å². The fraction of sp³-hybridized carbons (Fsp3) is 0.600. The fourth-order valence-corrected chi connectivity index (χ4v) is 5.73. The lowest BCUT2D eigenvalue weighted by molar-refractivity contribution is -0.150. The second-order valence-corrected chi connectivity index (χ2v) is 11.8. The Morgan fingerprint density at radius 3 is 2.41 bits per heavy atom. The van der Waals surface area contributed by atoms with E-state index in [4.69, 9.17) is 15.9 Å². The highest BCUT2D eigenvalue weighted by molar-refractivity contribution is 7.89. The standard InChI is InChI=1S/C25H35F3N6O6S/c1-2-40-22(36)15-34(18-7-8-18)23(37)20(12-21(35)31-13-16-4-3-11-33(14-16)24(29)30)32-41(38,39)19-9-5-17(6-10-19)25(26,27)28/h5-6,9-10,16,18,20,32H,2-4,7-8,11-15H2,1H3,(H3,29,30)(H,31,35)/t16-,20-/m0/s1. The second-order valence-electron chi connectivity index (χ2n) is 10.0. The van der Waals surface area contributed by atoms with Gasteiger partial charge in [-0.05, 0) is 62.8 Å². The van der Waals surface area contributed by atoms with Gasteiger partial charge >= 0.3 is 12.1 Å². The van der Waals surface area contributed by atoms with Crippen LogP contribution in [-0.4, -0.2) is 86.8 Å². The van der Waals surface area contributed by atoms with Gasteiger partial charge < -0.3 is 25.6 Å². The Kier molecular flexibility index (Phi) is 10.6. The number of nitrogens with one attached hydrogen (secondary N) is 3. The van der Waals surface area contributed by atoms with E-state index in [1.165, 1.54) is 0 Å². The molecule has 41 heavy (non-hydrogen) atoms. The van der Waals surface area contributed by atoms with E-state index in [1.807, 2.05) is 0 Å². The molecule has 0 bridgehead atoms. The van der Waals surface area contributed by atoms with Crippen molar-refractivity contribution in [1.29, 1.82) is 5.41 Å². The Hall–Kier alpha value is -3.40. The number of benzene rings is 1. The monoisotopic (exact) mass is 604 g/mol. The van der Waals surface area contributed by atoms with Crippen LogP contribution in [0.4, 0.5) is 13.2 Å². The third-order valence-electron chi connectivity index (χ3n) is 6.80. The molecular formula is C25H35F3N6O6S. The molecule has 16 heteroatoms. The Labute approximate surface area is 236 Å². The molecule has 1 saturated carbocycles. The predicted octanol–water partition coefficient (Wildman–Crippen LogP) is 1.02. The number of amides is 2. The molecule has 0 unspecified atom stereocenters. The van der Waals surface area contributed by atoms with E-state index in [9.17, 15) is 36.0 Å². The number of rotatable bonds is 12. The van der Waals surface area contributed by atoms with Gasteiger partial charge in [-0.25, -0.2) is 8.42 Å². The summed E-state index contributed by atoms with van der Waals surface area (Å²) in [5.74, 6) is -2.28. The fourth-order valence-electron chi connectivity index (χ4n) is 4.54. The molecule has 2 atom stereocenters. The number of nitrogens with two attached hydrogens (primary N) is 1. The third-order valence-corrected chi connectivity index (χ3v) is 8.29. The average molecular weight is 605 g/mol. The van der Waals surface area contributed by atoms with Gasteiger partial charge in [-0.2, -0.15) is 17.9 Å². The van der Waals surface area contributed by atoms with Crippen molar-refractivity contribution in [2.24, 2.45) is 11.7 Å². The second kappa shape index (κ2) is 13.5. The highest BCUT2D eigenvalue weighted by Gasteiger charge is 2.40. The van der Waals surface area contributed by atoms with Crippen molar-refractivity contribution >= 4 is 33.8 Å². The van der Waals surface area contributed by atoms with Crippen LogP contribution in [-0.2, 0) is 35.3 Å². The summed E-state index contributed by atoms with van der Waals surface area (Å²) in [5, 5.41) is 10.3. The van der Waals surface area contributed by atoms with Gasteiger partial charge in [-0.3, -0.25) is 19.8 Å². The summed E-state index contributed by atoms with van der Waals surface area (Å²) in [5.41, 5.74) is 4.51. The molecule has 0 aromatic heterocycles. The molecule has 2 aliphatic rings. The smallest absolute Gasteiger partial charge is 0.416 e. The molecule has 1 aliphatic carbocycles. The number of likely N-dealkylation sites (tertiary alicyclic amines) is 1. The summed E-state index contributed by atoms with van der Waals surface area (Å²) in [6.45, 7) is 2.49. The molecule has 2 amide bonds. The Balaban J connectivity index is 1.77. The molecule has 0 radical (unpaired) electrons. The van der Waals surface area contributed by atoms with Crippen molar-refractivity contribution < 1.29 is 40.7 Å². The lowest BCUT2D eigenvalue weighted by atomic mass is 9.98. The number of nitrogens with zero attached hydrogens (tertiary/aromatic N) is 2. The molecule has 228 valence electrons. The highest BCUT2D eigenvalue weighted by Crippen LogP contribution is 2.30. The normalized spacial score (nSPS) is 18.3. The van der Waals surface area contributed by atoms with Crippen molar-refractivity contribution in [2.75, 3.05) is 32.8 Å². The summed E-state index contributed by atoms with van der Waals surface area (Å²) in [6.07, 6.45) is -2.62. The van der Waals surface area contributed by atoms with Crippen LogP contribution in [0.5, 0.6) is 0 Å². The topological polar surface area (TPSA) is 175 Å². The lowest BCUT2D eigenvalue weighted by Crippen LogP contribution is -2.52. The SMILES string of the molecule is CCOC(=O)CN(C(=O)[C@H](CC(=O)NC[C@@H]1CCCN(C(=N)N)C1)NS(=O)(=O)c1ccc(C(F)(F)F)cc1)C1CC1. The molecule has 1 aliphatic heterocycles. The van der Waals surface area contributed by atoms with E-state index in [0.717, 1.165) is 29.9 Å². The number of ether oxygens (including phenoxy) is 1. The van der Waals surface area contributed by atoms with Gasteiger partial charge in [0.2, 0.25) is 21.8 Å². The maximum atomic E-state index is 13.5. The minimum Gasteiger partial charge on any atom is -0.465 e. The van der Waals surface area contributed by atoms with Crippen molar-refractivity contribution in [3.05, 3.63) is 29.8 Å². The zero-order valence-electron chi connectivity index (χ0n) is 22.6. The van der Waals surface area contributed by atoms with E-state index in [-0.39, 0.29) is 31.1 Å². The molecular weight excluding hydrogens is 569 g/mol. The summed E-state index contributed by atoms with van der Waals surface area (Å²) < 4.78 is 72.2. The van der Waals surface area contributed by atoms with Gasteiger partial charge in [-0.1, -0.05) is 0 Å². The zero-order chi connectivity index (χ0) is 30.4. The Morgan fingerprint density at radius 2 is 1.85 bits per heavy atom. The van der Waals surface area contributed by atoms with Crippen LogP contribution < -0.4 is 15.8 Å². The maximum Gasteiger partial charge on any atom is 0.416 e. The molecule has 1 heterocycles. The number of sulfonamides is 1. The first kappa shape index (κ1) is 32.1. The summed E-state index contributed by atoms with van der Waals surface area (Å²) in [6, 6.07) is 0.736. The van der Waals surface area contributed by atoms with Gasteiger partial charge in [0.25, 0.3) is 0 Å². The molecule has 1 saturated heterocycles. The largest absolute Gasteiger partial charge is 0.465 e. The van der Waals surface area contributed by atoms with Gasteiger partial charge in [0, 0.05) is 25.7 Å². The number of piperidine rings is 1. The number of hydrogen-bond donors (Lipinski definition) is 4. The first-order valence-corrected chi connectivity index (χ1v) is 14.7. The molecule has 1 aromatic carbocycles. The van der Waals surface area contributed by atoms with E-state index < -0.39 is 63.4 Å². The minimum absolute atomic E-state index is 0.0265. The number of esters is 1. The average Bonchev–Trinajstić information content (AvgIpc) is 3.75. The zero-order valence-corrected chi connectivity index (χ0v) is 23.4. The molecule has 0 spiro atoms. The van der Waals surface area contributed by atoms with Gasteiger partial charge in [0.15, 0.2) is 5.96 Å². The number of alkyl halides is 3. The number of carbonyl (C=O) groups excluding carboxylic acids is 3. The predicted molar refractivity (Wildman–Crippen MR) is 141 cm³/mol. The summed E-state index contributed by atoms with van der Waals surface area (Å²) >= 11 is 0. The molecule has 3 rings (SSSR count). The maximum absolute atomic E-state index is 13.5. The van der Waals surface area contributed by atoms with Crippen molar-refractivity contribution in [2.45, 2.75) is 62.2 Å². The first-order valence-electron chi connectivity index (χ1n) is 13.2. The van der Waals surface area contributed by atoms with Crippen LogP contribution in [0.3, 0.4) is 0 Å². The van der Waals surface area contributed by atoms with Crippen LogP contribution in [0.15, 0.2) is 29.2 Å². The third kappa shape index (κ3) is 9.31. The van der Waals surface area contributed by atoms with E-state index in [1.54, 1.807) is 11.8 Å². The lowest BCUT2D eigenvalue weighted by Gasteiger charge is -2.33. The van der Waals surface area contributed by atoms with Gasteiger partial charge in [0.1, 0.15) is 12.6 Å². The first-order chi connectivity index (χ1) is 19.2. The van der Waals surface area contributed by atoms with Crippen molar-refractivity contribution in [3.63, 3.8) is 0 Å². The van der Waals surface area contributed by atoms with Gasteiger partial charge in [-0.15, -0.1) is 0 Å². The summed E-state index contributed by atoms with van der Waals surface area (Å²) in [4.78, 5) is 40.9. The number of halogens is 3. The van der Waals surface area contributed by atoms with Crippen LogP contribution in [0.25, 0.3) is 0 Å². The number of hydrogen-bond acceptors (Lipinski definition) is 7. The minimum atomic E-state index is -4.68.